The van der Waals surface area contributed by atoms with Crippen LogP contribution in [0.5, 0.6) is 11.5 Å². The van der Waals surface area contributed by atoms with Crippen LogP contribution in [0, 0.1) is 13.8 Å². The van der Waals surface area contributed by atoms with Crippen LogP contribution in [0.2, 0.25) is 0 Å². The zero-order valence-electron chi connectivity index (χ0n) is 46.4. The van der Waals surface area contributed by atoms with Gasteiger partial charge in [-0.15, -0.1) is 0 Å². The highest BCUT2D eigenvalue weighted by Crippen LogP contribution is 2.33. The first-order chi connectivity index (χ1) is 37.9. The first-order valence-corrected chi connectivity index (χ1v) is 25.6. The maximum atomic E-state index is 13.8. The number of allylic oxidation sites excluding steroid dienone is 3. The molecule has 5 heterocycles. The van der Waals surface area contributed by atoms with Gasteiger partial charge in [0.15, 0.2) is 6.29 Å². The van der Waals surface area contributed by atoms with Crippen LogP contribution in [0.3, 0.4) is 0 Å². The summed E-state index contributed by atoms with van der Waals surface area (Å²) in [4.78, 5) is 82.2. The van der Waals surface area contributed by atoms with Crippen molar-refractivity contribution in [1.82, 2.24) is 48.4 Å². The molecule has 0 radical (unpaired) electrons. The molecule has 25 heteroatoms. The minimum absolute atomic E-state index is 0.0683. The van der Waals surface area contributed by atoms with Crippen molar-refractivity contribution in [3.8, 4) is 11.5 Å². The Labute approximate surface area is 457 Å². The molecule has 0 spiro atoms. The molecule has 0 fully saturated rings. The third kappa shape index (κ3) is 16.7. The lowest BCUT2D eigenvalue weighted by molar-refractivity contribution is -0.143. The van der Waals surface area contributed by atoms with E-state index >= 15 is 0 Å². The van der Waals surface area contributed by atoms with Crippen molar-refractivity contribution in [1.29, 1.82) is 0 Å². The van der Waals surface area contributed by atoms with Crippen LogP contribution in [0.4, 0.5) is 22.4 Å². The topological polar surface area (TPSA) is 317 Å². The largest absolute Gasteiger partial charge is 0.491 e. The van der Waals surface area contributed by atoms with Gasteiger partial charge in [0.05, 0.1) is 54.1 Å². The first kappa shape index (κ1) is 60.7. The normalized spacial score (nSPS) is 11.2. The number of carbonyl (C=O) groups excluding carboxylic acids is 6. The molecule has 0 aliphatic heterocycles. The molecule has 25 nitrogen and oxygen atoms in total. The lowest BCUT2D eigenvalue weighted by Crippen LogP contribution is -2.27. The van der Waals surface area contributed by atoms with Gasteiger partial charge >= 0.3 is 12.1 Å². The van der Waals surface area contributed by atoms with E-state index in [4.69, 9.17) is 34.6 Å². The van der Waals surface area contributed by atoms with Gasteiger partial charge in [-0.3, -0.25) is 48.7 Å². The van der Waals surface area contributed by atoms with Crippen molar-refractivity contribution in [2.75, 3.05) is 49.9 Å². The van der Waals surface area contributed by atoms with Crippen molar-refractivity contribution < 1.29 is 47.7 Å². The van der Waals surface area contributed by atoms with Crippen molar-refractivity contribution in [3.05, 3.63) is 107 Å². The Balaban J connectivity index is 0.000000852. The number of anilines is 3. The molecule has 0 bridgehead atoms. The molecule has 7 aromatic rings. The number of primary amides is 1. The Bertz CT molecular complexity index is 3300. The molecular weight excluding hydrogens is 1020 g/mol. The molecule has 2 aromatic carbocycles. The minimum Gasteiger partial charge on any atom is -0.491 e. The predicted octanol–water partition coefficient (Wildman–Crippen LogP) is 6.87. The summed E-state index contributed by atoms with van der Waals surface area (Å²) in [5, 5.41) is 21.5. The number of amides is 3. The molecule has 0 saturated carbocycles. The smallest absolute Gasteiger partial charge is 0.412 e. The van der Waals surface area contributed by atoms with Gasteiger partial charge in [-0.2, -0.15) is 15.3 Å². The minimum atomic E-state index is -0.699. The molecule has 0 aliphatic carbocycles. The fraction of sp³-hybridized carbons (Fsp3) is 0.389. The molecular formula is C54H71N15O10. The number of ether oxygens (including phenoxy) is 4. The highest BCUT2D eigenvalue weighted by atomic mass is 16.6. The molecule has 5 aromatic heterocycles. The lowest BCUT2D eigenvalue weighted by Gasteiger charge is -2.19. The van der Waals surface area contributed by atoms with Gasteiger partial charge < -0.3 is 44.9 Å². The third-order valence-corrected chi connectivity index (χ3v) is 11.2. The Morgan fingerprint density at radius 2 is 1.38 bits per heavy atom. The third-order valence-electron chi connectivity index (χ3n) is 11.2. The van der Waals surface area contributed by atoms with Crippen LogP contribution >= 0.6 is 0 Å². The molecule has 79 heavy (non-hydrogen) atoms. The number of hydrogen-bond donors (Lipinski definition) is 5. The summed E-state index contributed by atoms with van der Waals surface area (Å²) < 4.78 is 31.3. The average molecular weight is 1090 g/mol. The van der Waals surface area contributed by atoms with Gasteiger partial charge in [-0.1, -0.05) is 18.2 Å². The Morgan fingerprint density at radius 3 is 2.00 bits per heavy atom. The lowest BCUT2D eigenvalue weighted by atomic mass is 10.1. The number of carbonyl (C=O) groups is 6. The van der Waals surface area contributed by atoms with Crippen molar-refractivity contribution in [3.63, 3.8) is 0 Å². The highest BCUT2D eigenvalue weighted by Gasteiger charge is 2.23. The molecule has 422 valence electrons. The second-order valence-corrected chi connectivity index (χ2v) is 18.2. The number of aryl methyl sites for hydroxylation is 4. The predicted molar refractivity (Wildman–Crippen MR) is 299 cm³/mol. The summed E-state index contributed by atoms with van der Waals surface area (Å²) in [5.41, 5.74) is 15.1. The second kappa shape index (κ2) is 28.8. The van der Waals surface area contributed by atoms with Crippen LogP contribution in [0.1, 0.15) is 107 Å². The Kier molecular flexibility index (Phi) is 22.2. The van der Waals surface area contributed by atoms with E-state index in [1.807, 2.05) is 43.6 Å². The number of aromatic nitrogens is 10. The van der Waals surface area contributed by atoms with Gasteiger partial charge in [0, 0.05) is 57.0 Å². The fourth-order valence-electron chi connectivity index (χ4n) is 7.93. The highest BCUT2D eigenvalue weighted by molar-refractivity contribution is 6.04. The van der Waals surface area contributed by atoms with Crippen LogP contribution in [0.25, 0.3) is 22.1 Å². The molecule has 7 N–H and O–H groups in total. The van der Waals surface area contributed by atoms with E-state index in [0.717, 1.165) is 24.8 Å². The Morgan fingerprint density at radius 1 is 0.747 bits per heavy atom. The van der Waals surface area contributed by atoms with E-state index in [2.05, 4.69) is 37.0 Å². The summed E-state index contributed by atoms with van der Waals surface area (Å²) in [5.74, 6) is -0.0807. The van der Waals surface area contributed by atoms with Gasteiger partial charge in [-0.25, -0.2) is 14.8 Å². The van der Waals surface area contributed by atoms with Gasteiger partial charge in [0.25, 0.3) is 5.91 Å². The number of hydrogen-bond acceptors (Lipinski definition) is 17. The molecule has 7 rings (SSSR count). The number of fused-ring (bicyclic) bond motifs is 2. The summed E-state index contributed by atoms with van der Waals surface area (Å²) in [6.45, 7) is 17.2. The van der Waals surface area contributed by atoms with E-state index in [0.29, 0.717) is 88.2 Å². The van der Waals surface area contributed by atoms with Crippen LogP contribution in [-0.2, 0) is 47.0 Å². The number of esters is 1. The fourth-order valence-corrected chi connectivity index (χ4v) is 7.93. The van der Waals surface area contributed by atoms with E-state index in [-0.39, 0.29) is 56.0 Å². The van der Waals surface area contributed by atoms with Gasteiger partial charge in [-0.05, 0) is 111 Å². The number of nitrogens with zero attached hydrogens (tertiary/aromatic N) is 10. The van der Waals surface area contributed by atoms with Gasteiger partial charge in [0.2, 0.25) is 17.8 Å². The van der Waals surface area contributed by atoms with Crippen LogP contribution < -0.4 is 36.9 Å². The second-order valence-electron chi connectivity index (χ2n) is 18.2. The molecule has 0 saturated heterocycles. The van der Waals surface area contributed by atoms with E-state index in [1.165, 1.54) is 25.4 Å². The number of rotatable bonds is 24. The molecule has 0 atom stereocenters. The Hall–Kier alpha value is -9.13. The van der Waals surface area contributed by atoms with E-state index in [9.17, 15) is 28.8 Å². The van der Waals surface area contributed by atoms with Crippen molar-refractivity contribution in [2.45, 2.75) is 107 Å². The number of nitrogens with two attached hydrogens (primary N) is 2. The van der Waals surface area contributed by atoms with Crippen LogP contribution in [-0.4, -0.2) is 124 Å². The van der Waals surface area contributed by atoms with Crippen molar-refractivity contribution in [2.24, 2.45) is 11.5 Å². The molecule has 0 unspecified atom stereocenters. The maximum Gasteiger partial charge on any atom is 0.412 e. The number of imidazole rings is 2. The zero-order chi connectivity index (χ0) is 57.8. The summed E-state index contributed by atoms with van der Waals surface area (Å²) in [7, 11) is 3.23. The number of nitrogens with one attached hydrogen (secondary N) is 3. The van der Waals surface area contributed by atoms with E-state index in [1.54, 1.807) is 96.8 Å². The number of benzene rings is 2. The standard InChI is InChI=1S/C46H56N12O9.C7H10N2O.CH5N/c1-8-58-35(21-29(3)54-58)42(62)53-44-52-34-24-31(41(47)61)25-37(65-19-13-12-16-55-27-32(26-49-55)50-45(63)67-46(4,5)6)40(34)57(44)18-11-10-17-56-39-33(51-43(56)48-7)22-30(28-59)23-36(39)66-20-14-15-38(60)64-9-2;1-3-9-7(5-10)4-6(2)8-9;1-2/h10-13,21-28H,8-9,14-20H2,1-7H3,(H2,47,61)(H,48,51)(H,50,63)(H,52,53,62);4-5H,3H2,1-2H3;2H2,1H3/b11-10+,13-12+;;. The van der Waals surface area contributed by atoms with Crippen molar-refractivity contribution >= 4 is 76.1 Å². The van der Waals surface area contributed by atoms with Crippen LogP contribution in [0.15, 0.2) is 73.1 Å². The first-order valence-electron chi connectivity index (χ1n) is 25.6. The summed E-state index contributed by atoms with van der Waals surface area (Å²) in [6, 6.07) is 9.83. The quantitative estimate of drug-likeness (QED) is 0.0178. The monoisotopic (exact) mass is 1090 g/mol. The maximum absolute atomic E-state index is 13.8. The van der Waals surface area contributed by atoms with E-state index < -0.39 is 23.5 Å². The molecule has 0 aliphatic rings. The summed E-state index contributed by atoms with van der Waals surface area (Å²) >= 11 is 0. The SMILES string of the molecule is CCOC(=O)CCCOc1cc(C=O)cc2nc(NC)n(C/C=C/Cn3c(NC(=O)c4cc(C)nn4CC)nc4cc(C(N)=O)cc(OC/C=C/Cn5cc(NC(=O)OC(C)(C)C)cn5)c43)c12.CCn1nc(C)cc1C=O.CN. The summed E-state index contributed by atoms with van der Waals surface area (Å²) in [6.07, 6.45) is 12.1. The average Bonchev–Trinajstić information content (AvgIpc) is 4.48. The number of aldehydes is 2. The molecule has 3 amide bonds. The van der Waals surface area contributed by atoms with Gasteiger partial charge in [0.1, 0.15) is 52.4 Å². The zero-order valence-corrected chi connectivity index (χ0v) is 46.4.